The fourth-order valence-corrected chi connectivity index (χ4v) is 2.18. The van der Waals surface area contributed by atoms with Crippen LogP contribution in [0.1, 0.15) is 38.3 Å². The van der Waals surface area contributed by atoms with Crippen molar-refractivity contribution in [3.05, 3.63) is 47.6 Å². The Morgan fingerprint density at radius 3 is 2.65 bits per heavy atom. The highest BCUT2D eigenvalue weighted by molar-refractivity contribution is 5.77. The Morgan fingerprint density at radius 2 is 2.04 bits per heavy atom. The predicted octanol–water partition coefficient (Wildman–Crippen LogP) is 3.99. The van der Waals surface area contributed by atoms with E-state index in [1.165, 1.54) is 0 Å². The average Bonchev–Trinajstić information content (AvgIpc) is 2.67. The second-order valence-corrected chi connectivity index (χ2v) is 5.27. The van der Waals surface area contributed by atoms with Crippen molar-refractivity contribution in [2.24, 2.45) is 4.99 Å². The SMILES string of the molecule is C/C=C1/CN=C/C=C\CCOc2ccc(CC(=O)O)cc21.CC.CNC. The van der Waals surface area contributed by atoms with Crippen molar-refractivity contribution in [1.29, 1.82) is 0 Å². The molecule has 1 aliphatic rings. The van der Waals surface area contributed by atoms with Crippen molar-refractivity contribution in [1.82, 2.24) is 5.32 Å². The van der Waals surface area contributed by atoms with Gasteiger partial charge in [0.2, 0.25) is 0 Å². The third kappa shape index (κ3) is 9.18. The number of carbonyl (C=O) groups is 1. The van der Waals surface area contributed by atoms with Gasteiger partial charge < -0.3 is 15.2 Å². The number of hydrogen-bond acceptors (Lipinski definition) is 4. The van der Waals surface area contributed by atoms with E-state index in [1.54, 1.807) is 12.3 Å². The van der Waals surface area contributed by atoms with Crippen molar-refractivity contribution < 1.29 is 14.6 Å². The van der Waals surface area contributed by atoms with Crippen LogP contribution in [0, 0.1) is 0 Å². The Bertz CT molecular complexity index is 620. The Kier molecular flexibility index (Phi) is 13.5. The highest BCUT2D eigenvalue weighted by atomic mass is 16.5. The summed E-state index contributed by atoms with van der Waals surface area (Å²) in [5.74, 6) is -0.0560. The van der Waals surface area contributed by atoms with E-state index in [0.717, 1.165) is 28.9 Å². The van der Waals surface area contributed by atoms with Crippen LogP contribution in [0.2, 0.25) is 0 Å². The smallest absolute Gasteiger partial charge is 0.307 e. The molecule has 0 bridgehead atoms. The lowest BCUT2D eigenvalue weighted by Crippen LogP contribution is -2.04. The topological polar surface area (TPSA) is 70.9 Å². The Labute approximate surface area is 157 Å². The van der Waals surface area contributed by atoms with Crippen molar-refractivity contribution in [3.8, 4) is 5.75 Å². The Morgan fingerprint density at radius 1 is 1.35 bits per heavy atom. The van der Waals surface area contributed by atoms with E-state index in [4.69, 9.17) is 9.84 Å². The lowest BCUT2D eigenvalue weighted by molar-refractivity contribution is -0.136. The number of nitrogens with one attached hydrogen (secondary N) is 1. The van der Waals surface area contributed by atoms with E-state index in [9.17, 15) is 4.79 Å². The van der Waals surface area contributed by atoms with Crippen molar-refractivity contribution in [2.75, 3.05) is 27.2 Å². The van der Waals surface area contributed by atoms with E-state index in [1.807, 2.05) is 65.2 Å². The molecule has 2 rings (SSSR count). The van der Waals surface area contributed by atoms with Crippen LogP contribution in [-0.4, -0.2) is 44.5 Å². The standard InChI is InChI=1S/C17H19NO3.C2H7N.C2H6/c1-2-14-12-18-8-4-3-5-9-21-16-7-6-13(10-15(14)16)11-17(19)20;1-3-2;1-2/h2-4,6-8,10H,5,9,11-12H2,1H3,(H,19,20);3H,1-2H3;1-2H3/b4-3-,14-2-,18-8?;;. The molecule has 0 unspecified atom stereocenters. The van der Waals surface area contributed by atoms with Gasteiger partial charge in [-0.05, 0) is 56.8 Å². The van der Waals surface area contributed by atoms with E-state index in [-0.39, 0.29) is 6.42 Å². The number of carboxylic acids is 1. The van der Waals surface area contributed by atoms with Gasteiger partial charge in [-0.1, -0.05) is 32.1 Å². The molecule has 0 radical (unpaired) electrons. The molecule has 1 aliphatic heterocycles. The van der Waals surface area contributed by atoms with E-state index < -0.39 is 5.97 Å². The summed E-state index contributed by atoms with van der Waals surface area (Å²) in [5, 5.41) is 11.7. The molecule has 5 nitrogen and oxygen atoms in total. The van der Waals surface area contributed by atoms with Crippen LogP contribution in [0.3, 0.4) is 0 Å². The fraction of sp³-hybridized carbons (Fsp3) is 0.429. The summed E-state index contributed by atoms with van der Waals surface area (Å²) in [6.07, 6.45) is 8.54. The summed E-state index contributed by atoms with van der Waals surface area (Å²) in [7, 11) is 3.75. The van der Waals surface area contributed by atoms with Crippen LogP contribution in [0.15, 0.2) is 41.4 Å². The second-order valence-electron chi connectivity index (χ2n) is 5.27. The number of carboxylic acid groups (broad SMARTS) is 1. The minimum absolute atomic E-state index is 0.00903. The molecule has 0 aromatic heterocycles. The van der Waals surface area contributed by atoms with Gasteiger partial charge in [0, 0.05) is 11.8 Å². The Balaban J connectivity index is 0.00000113. The number of allylic oxidation sites excluding steroid dienone is 2. The zero-order valence-corrected chi connectivity index (χ0v) is 16.6. The average molecular weight is 360 g/mol. The molecule has 0 aliphatic carbocycles. The number of aliphatic carboxylic acids is 1. The summed E-state index contributed by atoms with van der Waals surface area (Å²) in [6.45, 7) is 7.09. The third-order valence-electron chi connectivity index (χ3n) is 3.23. The molecule has 0 fully saturated rings. The first-order valence-corrected chi connectivity index (χ1v) is 8.98. The van der Waals surface area contributed by atoms with Gasteiger partial charge in [-0.15, -0.1) is 0 Å². The molecule has 0 amide bonds. The first-order valence-electron chi connectivity index (χ1n) is 8.98. The maximum absolute atomic E-state index is 10.9. The van der Waals surface area contributed by atoms with Gasteiger partial charge in [0.05, 0.1) is 19.6 Å². The number of hydrogen-bond donors (Lipinski definition) is 2. The third-order valence-corrected chi connectivity index (χ3v) is 3.23. The molecule has 1 aromatic rings. The molecule has 144 valence electrons. The largest absolute Gasteiger partial charge is 0.493 e. The fourth-order valence-electron chi connectivity index (χ4n) is 2.18. The van der Waals surface area contributed by atoms with Gasteiger partial charge in [-0.25, -0.2) is 0 Å². The molecule has 26 heavy (non-hydrogen) atoms. The van der Waals surface area contributed by atoms with Gasteiger partial charge in [0.1, 0.15) is 5.75 Å². The molecule has 0 spiro atoms. The first-order chi connectivity index (χ1) is 12.6. The van der Waals surface area contributed by atoms with Gasteiger partial charge >= 0.3 is 5.97 Å². The van der Waals surface area contributed by atoms with Gasteiger partial charge in [0.25, 0.3) is 0 Å². The van der Waals surface area contributed by atoms with Crippen molar-refractivity contribution >= 4 is 17.8 Å². The predicted molar refractivity (Wildman–Crippen MR) is 110 cm³/mol. The second kappa shape index (κ2) is 14.9. The molecule has 0 saturated heterocycles. The normalized spacial score (nSPS) is 15.8. The number of fused-ring (bicyclic) bond motifs is 1. The molecule has 0 saturated carbocycles. The number of rotatable bonds is 2. The highest BCUT2D eigenvalue weighted by Gasteiger charge is 2.11. The van der Waals surface area contributed by atoms with Crippen molar-refractivity contribution in [3.63, 3.8) is 0 Å². The molecule has 5 heteroatoms. The Hall–Kier alpha value is -2.40. The lowest BCUT2D eigenvalue weighted by Gasteiger charge is -2.14. The minimum Gasteiger partial charge on any atom is -0.493 e. The number of ether oxygens (including phenoxy) is 1. The van der Waals surface area contributed by atoms with E-state index >= 15 is 0 Å². The summed E-state index contributed by atoms with van der Waals surface area (Å²) < 4.78 is 5.82. The molecule has 2 N–H and O–H groups in total. The van der Waals surface area contributed by atoms with Crippen LogP contribution in [0.4, 0.5) is 0 Å². The first kappa shape index (κ1) is 23.6. The van der Waals surface area contributed by atoms with Crippen molar-refractivity contribution in [2.45, 2.75) is 33.6 Å². The van der Waals surface area contributed by atoms with Gasteiger partial charge in [-0.2, -0.15) is 0 Å². The van der Waals surface area contributed by atoms with E-state index in [0.29, 0.717) is 13.2 Å². The molecule has 0 atom stereocenters. The van der Waals surface area contributed by atoms with Crippen LogP contribution in [-0.2, 0) is 11.2 Å². The molecular formula is C21H32N2O3. The maximum Gasteiger partial charge on any atom is 0.307 e. The van der Waals surface area contributed by atoms with Crippen LogP contribution in [0.25, 0.3) is 5.57 Å². The summed E-state index contributed by atoms with van der Waals surface area (Å²) in [4.78, 5) is 15.2. The number of aliphatic imine (C=N–C) groups is 1. The summed E-state index contributed by atoms with van der Waals surface area (Å²) in [6, 6.07) is 5.54. The van der Waals surface area contributed by atoms with E-state index in [2.05, 4.69) is 10.3 Å². The van der Waals surface area contributed by atoms with Crippen LogP contribution < -0.4 is 10.1 Å². The zero-order valence-electron chi connectivity index (χ0n) is 16.6. The molecule has 1 aromatic carbocycles. The lowest BCUT2D eigenvalue weighted by atomic mass is 10.00. The number of nitrogens with zero attached hydrogens (tertiary/aromatic N) is 1. The van der Waals surface area contributed by atoms with Gasteiger partial charge in [0.15, 0.2) is 0 Å². The summed E-state index contributed by atoms with van der Waals surface area (Å²) in [5.41, 5.74) is 2.72. The zero-order chi connectivity index (χ0) is 19.8. The molecule has 1 heterocycles. The monoisotopic (exact) mass is 360 g/mol. The number of benzene rings is 1. The van der Waals surface area contributed by atoms with Crippen LogP contribution >= 0.6 is 0 Å². The quantitative estimate of drug-likeness (QED) is 0.837. The van der Waals surface area contributed by atoms with Gasteiger partial charge in [-0.3, -0.25) is 9.79 Å². The van der Waals surface area contributed by atoms with Crippen LogP contribution in [0.5, 0.6) is 5.75 Å². The maximum atomic E-state index is 10.9. The highest BCUT2D eigenvalue weighted by Crippen LogP contribution is 2.28. The summed E-state index contributed by atoms with van der Waals surface area (Å²) >= 11 is 0. The minimum atomic E-state index is -0.836. The molecular weight excluding hydrogens is 328 g/mol.